The van der Waals surface area contributed by atoms with E-state index in [-0.39, 0.29) is 17.6 Å². The molecule has 1 unspecified atom stereocenters. The van der Waals surface area contributed by atoms with Gasteiger partial charge in [-0.15, -0.1) is 11.8 Å². The summed E-state index contributed by atoms with van der Waals surface area (Å²) in [6, 6.07) is 5.32. The third kappa shape index (κ3) is 5.71. The summed E-state index contributed by atoms with van der Waals surface area (Å²) in [6.45, 7) is 5.73. The zero-order valence-electron chi connectivity index (χ0n) is 12.6. The highest BCUT2D eigenvalue weighted by Gasteiger charge is 2.24. The average molecular weight is 374 g/mol. The third-order valence-corrected chi connectivity index (χ3v) is 4.60. The second kappa shape index (κ2) is 8.44. The van der Waals surface area contributed by atoms with Crippen molar-refractivity contribution in [3.63, 3.8) is 0 Å². The molecule has 1 amide bonds. The highest BCUT2D eigenvalue weighted by Crippen LogP contribution is 2.25. The van der Waals surface area contributed by atoms with E-state index < -0.39 is 12.0 Å². The van der Waals surface area contributed by atoms with E-state index in [1.165, 1.54) is 18.9 Å². The summed E-state index contributed by atoms with van der Waals surface area (Å²) in [6.07, 6.45) is 0. The van der Waals surface area contributed by atoms with Crippen molar-refractivity contribution >= 4 is 39.6 Å². The number of thioether (sulfide) groups is 1. The Labute approximate surface area is 138 Å². The van der Waals surface area contributed by atoms with E-state index in [0.29, 0.717) is 0 Å². The largest absolute Gasteiger partial charge is 0.467 e. The molecule has 0 aliphatic heterocycles. The minimum atomic E-state index is -0.603. The molecule has 0 heterocycles. The van der Waals surface area contributed by atoms with E-state index in [9.17, 15) is 9.59 Å². The summed E-state index contributed by atoms with van der Waals surface area (Å²) in [5, 5.41) is 2.72. The van der Waals surface area contributed by atoms with E-state index in [4.69, 9.17) is 4.74 Å². The number of methoxy groups -OCH3 is 1. The number of hydrogen-bond donors (Lipinski definition) is 1. The van der Waals surface area contributed by atoms with Crippen LogP contribution in [0.5, 0.6) is 0 Å². The summed E-state index contributed by atoms with van der Waals surface area (Å²) in [5.41, 5.74) is 1.11. The summed E-state index contributed by atoms with van der Waals surface area (Å²) < 4.78 is 5.72. The lowest BCUT2D eigenvalue weighted by Gasteiger charge is -2.19. The van der Waals surface area contributed by atoms with Crippen LogP contribution in [0.15, 0.2) is 27.6 Å². The molecule has 1 N–H and O–H groups in total. The summed E-state index contributed by atoms with van der Waals surface area (Å²) in [4.78, 5) is 24.6. The Hall–Kier alpha value is -1.01. The number of hydrogen-bond acceptors (Lipinski definition) is 4. The lowest BCUT2D eigenvalue weighted by atomic mass is 10.1. The molecular formula is C15H20BrNO3S. The minimum absolute atomic E-state index is 0.0131. The van der Waals surface area contributed by atoms with E-state index in [1.807, 2.05) is 39.0 Å². The SMILES string of the molecule is COC(=O)C(NC(=O)CSc1ccc(Br)cc1C)C(C)C. The Bertz CT molecular complexity index is 520. The average Bonchev–Trinajstić information content (AvgIpc) is 2.42. The van der Waals surface area contributed by atoms with E-state index in [0.717, 1.165) is 14.9 Å². The molecule has 0 bridgehead atoms. The van der Waals surface area contributed by atoms with Crippen LogP contribution < -0.4 is 5.32 Å². The zero-order valence-corrected chi connectivity index (χ0v) is 15.0. The van der Waals surface area contributed by atoms with Crippen LogP contribution in [0.1, 0.15) is 19.4 Å². The summed E-state index contributed by atoms with van der Waals surface area (Å²) >= 11 is 4.86. The van der Waals surface area contributed by atoms with Gasteiger partial charge in [0.2, 0.25) is 5.91 Å². The van der Waals surface area contributed by atoms with Crippen molar-refractivity contribution in [3.05, 3.63) is 28.2 Å². The number of amides is 1. The number of benzene rings is 1. The molecule has 1 atom stereocenters. The molecule has 21 heavy (non-hydrogen) atoms. The number of aryl methyl sites for hydroxylation is 1. The molecule has 116 valence electrons. The fraction of sp³-hybridized carbons (Fsp3) is 0.467. The molecule has 1 aromatic carbocycles. The maximum atomic E-state index is 12.0. The molecule has 1 aromatic rings. The van der Waals surface area contributed by atoms with Crippen molar-refractivity contribution < 1.29 is 14.3 Å². The molecule has 0 saturated carbocycles. The quantitative estimate of drug-likeness (QED) is 0.614. The van der Waals surface area contributed by atoms with Crippen molar-refractivity contribution in [3.8, 4) is 0 Å². The van der Waals surface area contributed by atoms with Crippen LogP contribution in [0.2, 0.25) is 0 Å². The standard InChI is InChI=1S/C15H20BrNO3S/c1-9(2)14(15(19)20-4)17-13(18)8-21-12-6-5-11(16)7-10(12)3/h5-7,9,14H,8H2,1-4H3,(H,17,18). The molecule has 1 rings (SSSR count). The lowest BCUT2D eigenvalue weighted by Crippen LogP contribution is -2.45. The Kier molecular flexibility index (Phi) is 7.25. The van der Waals surface area contributed by atoms with Gasteiger partial charge >= 0.3 is 5.97 Å². The third-order valence-electron chi connectivity index (χ3n) is 2.93. The van der Waals surface area contributed by atoms with Crippen molar-refractivity contribution in [2.24, 2.45) is 5.92 Å². The predicted octanol–water partition coefficient (Wildman–Crippen LogP) is 3.16. The van der Waals surface area contributed by atoms with Crippen LogP contribution in [0.25, 0.3) is 0 Å². The fourth-order valence-corrected chi connectivity index (χ4v) is 3.05. The van der Waals surface area contributed by atoms with Crippen LogP contribution in [0.4, 0.5) is 0 Å². The second-order valence-electron chi connectivity index (χ2n) is 5.01. The van der Waals surface area contributed by atoms with Crippen LogP contribution in [-0.2, 0) is 14.3 Å². The number of nitrogens with one attached hydrogen (secondary N) is 1. The molecule has 0 saturated heterocycles. The Morgan fingerprint density at radius 2 is 2.05 bits per heavy atom. The maximum absolute atomic E-state index is 12.0. The van der Waals surface area contributed by atoms with Crippen molar-refractivity contribution in [2.75, 3.05) is 12.9 Å². The first-order valence-electron chi connectivity index (χ1n) is 6.61. The Morgan fingerprint density at radius 1 is 1.38 bits per heavy atom. The topological polar surface area (TPSA) is 55.4 Å². The molecule has 0 aliphatic rings. The van der Waals surface area contributed by atoms with E-state index in [1.54, 1.807) is 0 Å². The van der Waals surface area contributed by atoms with Crippen molar-refractivity contribution in [1.29, 1.82) is 0 Å². The molecule has 4 nitrogen and oxygen atoms in total. The van der Waals surface area contributed by atoms with Gasteiger partial charge in [-0.25, -0.2) is 4.79 Å². The zero-order chi connectivity index (χ0) is 16.0. The minimum Gasteiger partial charge on any atom is -0.467 e. The monoisotopic (exact) mass is 373 g/mol. The van der Waals surface area contributed by atoms with Gasteiger partial charge in [-0.05, 0) is 36.6 Å². The summed E-state index contributed by atoms with van der Waals surface area (Å²) in [7, 11) is 1.32. The highest BCUT2D eigenvalue weighted by atomic mass is 79.9. The van der Waals surface area contributed by atoms with Gasteiger partial charge in [0.05, 0.1) is 12.9 Å². The van der Waals surface area contributed by atoms with Crippen LogP contribution in [0.3, 0.4) is 0 Å². The summed E-state index contributed by atoms with van der Waals surface area (Å²) in [5.74, 6) is -0.335. The molecule has 0 aliphatic carbocycles. The lowest BCUT2D eigenvalue weighted by molar-refractivity contribution is -0.146. The number of carbonyl (C=O) groups excluding carboxylic acids is 2. The molecule has 6 heteroatoms. The number of esters is 1. The first-order chi connectivity index (χ1) is 9.85. The van der Waals surface area contributed by atoms with Gasteiger partial charge in [0.25, 0.3) is 0 Å². The van der Waals surface area contributed by atoms with Gasteiger partial charge < -0.3 is 10.1 Å². The normalized spacial score (nSPS) is 12.1. The van der Waals surface area contributed by atoms with Crippen LogP contribution in [0, 0.1) is 12.8 Å². The second-order valence-corrected chi connectivity index (χ2v) is 6.94. The van der Waals surface area contributed by atoms with Crippen molar-refractivity contribution in [2.45, 2.75) is 31.7 Å². The Balaban J connectivity index is 2.58. The number of rotatable bonds is 6. The predicted molar refractivity (Wildman–Crippen MR) is 88.4 cm³/mol. The molecule has 0 aromatic heterocycles. The Morgan fingerprint density at radius 3 is 2.57 bits per heavy atom. The van der Waals surface area contributed by atoms with Crippen molar-refractivity contribution in [1.82, 2.24) is 5.32 Å². The smallest absolute Gasteiger partial charge is 0.328 e. The van der Waals surface area contributed by atoms with Crippen LogP contribution in [-0.4, -0.2) is 30.8 Å². The van der Waals surface area contributed by atoms with Gasteiger partial charge in [-0.3, -0.25) is 4.79 Å². The molecular weight excluding hydrogens is 354 g/mol. The maximum Gasteiger partial charge on any atom is 0.328 e. The van der Waals surface area contributed by atoms with Gasteiger partial charge in [0.15, 0.2) is 0 Å². The number of carbonyl (C=O) groups is 2. The van der Waals surface area contributed by atoms with E-state index in [2.05, 4.69) is 21.2 Å². The van der Waals surface area contributed by atoms with Crippen LogP contribution >= 0.6 is 27.7 Å². The first kappa shape index (κ1) is 18.0. The first-order valence-corrected chi connectivity index (χ1v) is 8.39. The molecule has 0 spiro atoms. The van der Waals surface area contributed by atoms with Gasteiger partial charge in [-0.2, -0.15) is 0 Å². The number of ether oxygens (including phenoxy) is 1. The molecule has 0 fully saturated rings. The molecule has 0 radical (unpaired) electrons. The van der Waals surface area contributed by atoms with Gasteiger partial charge in [0, 0.05) is 9.37 Å². The van der Waals surface area contributed by atoms with Gasteiger partial charge in [0.1, 0.15) is 6.04 Å². The number of halogens is 1. The fourth-order valence-electron chi connectivity index (χ4n) is 1.76. The van der Waals surface area contributed by atoms with E-state index >= 15 is 0 Å². The van der Waals surface area contributed by atoms with Gasteiger partial charge in [-0.1, -0.05) is 29.8 Å². The highest BCUT2D eigenvalue weighted by molar-refractivity contribution is 9.10.